The van der Waals surface area contributed by atoms with Gasteiger partial charge in [0.05, 0.1) is 10.7 Å². The van der Waals surface area contributed by atoms with Gasteiger partial charge in [0.25, 0.3) is 0 Å². The quantitative estimate of drug-likeness (QED) is 0.791. The van der Waals surface area contributed by atoms with Crippen LogP contribution < -0.4 is 10.5 Å². The molecule has 0 heterocycles. The summed E-state index contributed by atoms with van der Waals surface area (Å²) >= 11 is 7.50. The van der Waals surface area contributed by atoms with Crippen molar-refractivity contribution < 1.29 is 8.42 Å². The molecule has 0 bridgehead atoms. The lowest BCUT2D eigenvalue weighted by Gasteiger charge is -2.17. The van der Waals surface area contributed by atoms with Gasteiger partial charge in [-0.15, -0.1) is 0 Å². The van der Waals surface area contributed by atoms with Crippen LogP contribution in [0.25, 0.3) is 0 Å². The normalized spacial score (nSPS) is 13.5. The molecule has 0 saturated carbocycles. The average Bonchev–Trinajstić information content (AvgIpc) is 2.27. The zero-order chi connectivity index (χ0) is 13.8. The van der Waals surface area contributed by atoms with Crippen molar-refractivity contribution in [1.29, 1.82) is 0 Å². The lowest BCUT2D eigenvalue weighted by atomic mass is 10.3. The van der Waals surface area contributed by atoms with Gasteiger partial charge in [-0.25, -0.2) is 13.1 Å². The van der Waals surface area contributed by atoms with E-state index in [-0.39, 0.29) is 21.6 Å². The van der Waals surface area contributed by atoms with Crippen molar-refractivity contribution in [2.45, 2.75) is 24.3 Å². The molecule has 7 heteroatoms. The molecule has 102 valence electrons. The molecule has 0 aromatic heterocycles. The molecule has 0 aliphatic heterocycles. The van der Waals surface area contributed by atoms with Crippen LogP contribution in [0.3, 0.4) is 0 Å². The van der Waals surface area contributed by atoms with Crippen molar-refractivity contribution in [3.63, 3.8) is 0 Å². The maximum Gasteiger partial charge on any atom is 0.244 e. The summed E-state index contributed by atoms with van der Waals surface area (Å²) < 4.78 is 27.1. The summed E-state index contributed by atoms with van der Waals surface area (Å²) in [6, 6.07) is 4.54. The number of anilines is 1. The van der Waals surface area contributed by atoms with Gasteiger partial charge < -0.3 is 5.73 Å². The molecule has 1 unspecified atom stereocenters. The third-order valence-electron chi connectivity index (χ3n) is 2.45. The van der Waals surface area contributed by atoms with Crippen molar-refractivity contribution in [3.05, 3.63) is 23.2 Å². The number of hydrogen-bond acceptors (Lipinski definition) is 4. The second-order valence-electron chi connectivity index (χ2n) is 3.84. The number of rotatable bonds is 6. The average molecular weight is 309 g/mol. The highest BCUT2D eigenvalue weighted by Crippen LogP contribution is 2.27. The zero-order valence-corrected chi connectivity index (χ0v) is 12.7. The summed E-state index contributed by atoms with van der Waals surface area (Å²) in [7, 11) is -3.68. The topological polar surface area (TPSA) is 72.2 Å². The van der Waals surface area contributed by atoms with Crippen molar-refractivity contribution in [3.8, 4) is 0 Å². The van der Waals surface area contributed by atoms with Crippen LogP contribution in [0.5, 0.6) is 0 Å². The highest BCUT2D eigenvalue weighted by molar-refractivity contribution is 7.98. The van der Waals surface area contributed by atoms with Crippen LogP contribution >= 0.6 is 23.4 Å². The molecule has 0 fully saturated rings. The van der Waals surface area contributed by atoms with Crippen molar-refractivity contribution in [2.75, 3.05) is 17.7 Å². The van der Waals surface area contributed by atoms with Crippen molar-refractivity contribution >= 4 is 39.1 Å². The molecule has 4 nitrogen and oxygen atoms in total. The zero-order valence-electron chi connectivity index (χ0n) is 10.3. The molecule has 0 spiro atoms. The number of nitrogens with one attached hydrogen (secondary N) is 1. The third kappa shape index (κ3) is 3.78. The summed E-state index contributed by atoms with van der Waals surface area (Å²) in [5.41, 5.74) is 5.85. The molecule has 0 saturated heterocycles. The third-order valence-corrected chi connectivity index (χ3v) is 5.25. The smallest absolute Gasteiger partial charge is 0.244 e. The molecule has 1 rings (SSSR count). The van der Waals surface area contributed by atoms with E-state index < -0.39 is 10.0 Å². The van der Waals surface area contributed by atoms with Crippen LogP contribution in [0.15, 0.2) is 23.1 Å². The summed E-state index contributed by atoms with van der Waals surface area (Å²) in [5, 5.41) is 0.140. The molecule has 1 atom stereocenters. The fourth-order valence-corrected chi connectivity index (χ4v) is 4.35. The van der Waals surface area contributed by atoms with Gasteiger partial charge in [-0.05, 0) is 24.8 Å². The molecule has 18 heavy (non-hydrogen) atoms. The highest BCUT2D eigenvalue weighted by Gasteiger charge is 2.23. The standard InChI is InChI=1S/C11H17ClN2O2S2/c1-3-8(7-17-2)14-18(15,16)11-9(12)5-4-6-10(11)13/h4-6,8,14H,3,7,13H2,1-2H3. The van der Waals surface area contributed by atoms with Crippen LogP contribution in [0.4, 0.5) is 5.69 Å². The molecule has 1 aromatic carbocycles. The first kappa shape index (κ1) is 15.6. The fourth-order valence-electron chi connectivity index (χ4n) is 1.52. The van der Waals surface area contributed by atoms with Gasteiger partial charge in [0.15, 0.2) is 0 Å². The minimum atomic E-state index is -3.68. The highest BCUT2D eigenvalue weighted by atomic mass is 35.5. The lowest BCUT2D eigenvalue weighted by Crippen LogP contribution is -2.36. The van der Waals surface area contributed by atoms with E-state index in [1.54, 1.807) is 17.8 Å². The van der Waals surface area contributed by atoms with Gasteiger partial charge in [0.1, 0.15) is 4.90 Å². The van der Waals surface area contributed by atoms with E-state index in [0.717, 1.165) is 0 Å². The first-order chi connectivity index (χ1) is 8.42. The minimum Gasteiger partial charge on any atom is -0.398 e. The second-order valence-corrected chi connectivity index (χ2v) is 6.81. The first-order valence-electron chi connectivity index (χ1n) is 5.47. The van der Waals surface area contributed by atoms with Gasteiger partial charge in [-0.3, -0.25) is 0 Å². The van der Waals surface area contributed by atoms with E-state index in [4.69, 9.17) is 17.3 Å². The SMILES string of the molecule is CCC(CSC)NS(=O)(=O)c1c(N)cccc1Cl. The Labute approximate surface area is 117 Å². The molecule has 3 N–H and O–H groups in total. The fraction of sp³-hybridized carbons (Fsp3) is 0.455. The van der Waals surface area contributed by atoms with Crippen LogP contribution in [0, 0.1) is 0 Å². The van der Waals surface area contributed by atoms with Crippen LogP contribution in [0.1, 0.15) is 13.3 Å². The van der Waals surface area contributed by atoms with Crippen LogP contribution in [-0.2, 0) is 10.0 Å². The Bertz CT molecular complexity index is 486. The largest absolute Gasteiger partial charge is 0.398 e. The first-order valence-corrected chi connectivity index (χ1v) is 8.73. The van der Waals surface area contributed by atoms with E-state index in [2.05, 4.69) is 4.72 Å². The number of sulfonamides is 1. The summed E-state index contributed by atoms with van der Waals surface area (Å²) in [6.07, 6.45) is 2.64. The van der Waals surface area contributed by atoms with Gasteiger partial charge in [-0.1, -0.05) is 24.6 Å². The minimum absolute atomic E-state index is 0.0359. The molecule has 0 aliphatic rings. The Morgan fingerprint density at radius 3 is 2.67 bits per heavy atom. The number of thioether (sulfide) groups is 1. The molecule has 0 aliphatic carbocycles. The predicted molar refractivity (Wildman–Crippen MR) is 78.6 cm³/mol. The van der Waals surface area contributed by atoms with Gasteiger partial charge in [-0.2, -0.15) is 11.8 Å². The molecule has 1 aromatic rings. The Kier molecular flexibility index (Phi) is 5.78. The Hall–Kier alpha value is -0.430. The molecule has 0 amide bonds. The Balaban J connectivity index is 3.06. The lowest BCUT2D eigenvalue weighted by molar-refractivity contribution is 0.558. The predicted octanol–water partition coefficient (Wildman–Crippen LogP) is 2.34. The summed E-state index contributed by atoms with van der Waals surface area (Å²) in [4.78, 5) is -0.0359. The van der Waals surface area contributed by atoms with Crippen LogP contribution in [-0.4, -0.2) is 26.5 Å². The number of nitrogens with two attached hydrogens (primary N) is 1. The van der Waals surface area contributed by atoms with E-state index in [0.29, 0.717) is 12.2 Å². The van der Waals surface area contributed by atoms with Crippen molar-refractivity contribution in [1.82, 2.24) is 4.72 Å². The van der Waals surface area contributed by atoms with E-state index in [1.807, 2.05) is 13.2 Å². The van der Waals surface area contributed by atoms with E-state index in [9.17, 15) is 8.42 Å². The number of halogens is 1. The maximum absolute atomic E-state index is 12.2. The van der Waals surface area contributed by atoms with E-state index in [1.165, 1.54) is 12.1 Å². The van der Waals surface area contributed by atoms with Crippen LogP contribution in [0.2, 0.25) is 5.02 Å². The summed E-state index contributed by atoms with van der Waals surface area (Å²) in [6.45, 7) is 1.93. The van der Waals surface area contributed by atoms with Gasteiger partial charge >= 0.3 is 0 Å². The summed E-state index contributed by atoms with van der Waals surface area (Å²) in [5.74, 6) is 0.708. The molecular formula is C11H17ClN2O2S2. The Morgan fingerprint density at radius 2 is 2.17 bits per heavy atom. The Morgan fingerprint density at radius 1 is 1.50 bits per heavy atom. The maximum atomic E-state index is 12.2. The number of hydrogen-bond donors (Lipinski definition) is 2. The van der Waals surface area contributed by atoms with Crippen molar-refractivity contribution in [2.24, 2.45) is 0 Å². The van der Waals surface area contributed by atoms with E-state index >= 15 is 0 Å². The van der Waals surface area contributed by atoms with Gasteiger partial charge in [0, 0.05) is 11.8 Å². The molecule has 0 radical (unpaired) electrons. The number of benzene rings is 1. The van der Waals surface area contributed by atoms with Gasteiger partial charge in [0.2, 0.25) is 10.0 Å². The molecular weight excluding hydrogens is 292 g/mol. The number of nitrogen functional groups attached to an aromatic ring is 1. The monoisotopic (exact) mass is 308 g/mol. The second kappa shape index (κ2) is 6.65.